The lowest BCUT2D eigenvalue weighted by molar-refractivity contribution is -0.276. The van der Waals surface area contributed by atoms with Crippen LogP contribution in [0, 0.1) is 0 Å². The van der Waals surface area contributed by atoms with Gasteiger partial charge in [-0.05, 0) is 56.7 Å². The SMILES string of the molecule is COc1nc(OC(F)(F)F)ccc1Nc1ccc2c(CN(C)C(=O)OC(C)(C)C)cn(S(=O)(=O)c3cccnc3)c2c1. The molecule has 11 nitrogen and oxygen atoms in total. The molecule has 15 heteroatoms. The van der Waals surface area contributed by atoms with Gasteiger partial charge >= 0.3 is 12.5 Å². The number of ether oxygens (including phenoxy) is 3. The number of halogens is 3. The maximum Gasteiger partial charge on any atom is 0.574 e. The summed E-state index contributed by atoms with van der Waals surface area (Å²) in [5.41, 5.74) is 0.631. The third-order valence-electron chi connectivity index (χ3n) is 5.69. The number of carbonyl (C=O) groups excluding carboxylic acids is 1. The summed E-state index contributed by atoms with van der Waals surface area (Å²) in [6, 6.07) is 10.0. The summed E-state index contributed by atoms with van der Waals surface area (Å²) in [6.45, 7) is 5.25. The second-order valence-electron chi connectivity index (χ2n) is 10.1. The normalized spacial score (nSPS) is 12.2. The molecule has 0 atom stereocenters. The molecule has 0 aliphatic carbocycles. The molecule has 1 N–H and O–H groups in total. The van der Waals surface area contributed by atoms with E-state index >= 15 is 0 Å². The minimum atomic E-state index is -4.93. The monoisotopic (exact) mass is 607 g/mol. The molecular formula is C27H28F3N5O6S. The van der Waals surface area contributed by atoms with E-state index in [0.29, 0.717) is 16.6 Å². The van der Waals surface area contributed by atoms with Crippen LogP contribution in [0.3, 0.4) is 0 Å². The molecule has 1 aromatic carbocycles. The molecule has 0 radical (unpaired) electrons. The zero-order valence-electron chi connectivity index (χ0n) is 23.3. The lowest BCUT2D eigenvalue weighted by atomic mass is 10.1. The summed E-state index contributed by atoms with van der Waals surface area (Å²) in [5.74, 6) is -0.898. The summed E-state index contributed by atoms with van der Waals surface area (Å²) in [4.78, 5) is 21.5. The number of nitrogens with zero attached hydrogens (tertiary/aromatic N) is 4. The van der Waals surface area contributed by atoms with Gasteiger partial charge in [-0.1, -0.05) is 6.07 Å². The van der Waals surface area contributed by atoms with Crippen LogP contribution in [-0.4, -0.2) is 59.5 Å². The molecule has 3 aromatic heterocycles. The van der Waals surface area contributed by atoms with Crippen molar-refractivity contribution in [3.05, 3.63) is 66.6 Å². The molecule has 3 heterocycles. The predicted molar refractivity (Wildman–Crippen MR) is 147 cm³/mol. The number of hydrogen-bond acceptors (Lipinski definition) is 9. The van der Waals surface area contributed by atoms with Gasteiger partial charge in [-0.25, -0.2) is 17.2 Å². The Bertz CT molecular complexity index is 1700. The molecule has 4 aromatic rings. The highest BCUT2D eigenvalue weighted by atomic mass is 32.2. The summed E-state index contributed by atoms with van der Waals surface area (Å²) in [6.07, 6.45) is -1.43. The summed E-state index contributed by atoms with van der Waals surface area (Å²) in [7, 11) is -1.36. The highest BCUT2D eigenvalue weighted by molar-refractivity contribution is 7.90. The number of carbonyl (C=O) groups is 1. The Morgan fingerprint density at radius 3 is 2.48 bits per heavy atom. The molecule has 0 bridgehead atoms. The van der Waals surface area contributed by atoms with Crippen molar-refractivity contribution in [2.75, 3.05) is 19.5 Å². The largest absolute Gasteiger partial charge is 0.574 e. The number of benzene rings is 1. The van der Waals surface area contributed by atoms with Gasteiger partial charge in [0, 0.05) is 42.8 Å². The smallest absolute Gasteiger partial charge is 0.479 e. The standard InChI is InChI=1S/C27H28F3N5O6S/c1-26(2,3)41-25(36)34(4)15-17-16-35(42(37,38)19-7-6-12-31-14-19)22-13-18(8-9-20(17)22)32-21-10-11-23(33-24(21)39-5)40-27(28,29)30/h6-14,16,32H,15H2,1-5H3. The Morgan fingerprint density at radius 1 is 1.12 bits per heavy atom. The Kier molecular flexibility index (Phi) is 8.25. The summed E-state index contributed by atoms with van der Waals surface area (Å²) in [5, 5.41) is 3.52. The molecule has 0 unspecified atom stereocenters. The van der Waals surface area contributed by atoms with Crippen molar-refractivity contribution < 1.29 is 40.6 Å². The van der Waals surface area contributed by atoms with Gasteiger partial charge in [0.25, 0.3) is 10.0 Å². The number of fused-ring (bicyclic) bond motifs is 1. The third-order valence-corrected chi connectivity index (χ3v) is 7.34. The number of pyridine rings is 2. The minimum Gasteiger partial charge on any atom is -0.479 e. The number of amides is 1. The van der Waals surface area contributed by atoms with Gasteiger partial charge in [0.2, 0.25) is 11.8 Å². The fourth-order valence-electron chi connectivity index (χ4n) is 3.95. The van der Waals surface area contributed by atoms with E-state index in [1.165, 1.54) is 55.8 Å². The van der Waals surface area contributed by atoms with Gasteiger partial charge in [-0.3, -0.25) is 4.98 Å². The fourth-order valence-corrected chi connectivity index (χ4v) is 5.29. The highest BCUT2D eigenvalue weighted by Crippen LogP contribution is 2.34. The first kappa shape index (κ1) is 30.4. The molecule has 0 saturated carbocycles. The quantitative estimate of drug-likeness (QED) is 0.269. The molecule has 4 rings (SSSR count). The number of rotatable bonds is 8. The van der Waals surface area contributed by atoms with Gasteiger partial charge in [0.1, 0.15) is 16.2 Å². The molecular weight excluding hydrogens is 579 g/mol. The average Bonchev–Trinajstić information content (AvgIpc) is 3.26. The zero-order chi connectivity index (χ0) is 30.9. The second-order valence-corrected chi connectivity index (χ2v) is 11.9. The van der Waals surface area contributed by atoms with Crippen LogP contribution >= 0.6 is 0 Å². The zero-order valence-corrected chi connectivity index (χ0v) is 24.1. The Hall–Kier alpha value is -4.53. The van der Waals surface area contributed by atoms with Gasteiger partial charge < -0.3 is 24.4 Å². The van der Waals surface area contributed by atoms with Gasteiger partial charge in [-0.15, -0.1) is 13.2 Å². The topological polar surface area (TPSA) is 125 Å². The van der Waals surface area contributed by atoms with E-state index in [2.05, 4.69) is 20.0 Å². The van der Waals surface area contributed by atoms with Gasteiger partial charge in [-0.2, -0.15) is 4.98 Å². The van der Waals surface area contributed by atoms with E-state index in [0.717, 1.165) is 10.0 Å². The molecule has 0 spiro atoms. The molecule has 0 aliphatic heterocycles. The highest BCUT2D eigenvalue weighted by Gasteiger charge is 2.32. The van der Waals surface area contributed by atoms with Crippen LogP contribution in [0.5, 0.6) is 11.8 Å². The lowest BCUT2D eigenvalue weighted by Crippen LogP contribution is -2.33. The molecule has 0 fully saturated rings. The predicted octanol–water partition coefficient (Wildman–Crippen LogP) is 5.69. The van der Waals surface area contributed by atoms with Crippen LogP contribution < -0.4 is 14.8 Å². The van der Waals surface area contributed by atoms with Gasteiger partial charge in [0.05, 0.1) is 19.2 Å². The minimum absolute atomic E-state index is 0.0339. The van der Waals surface area contributed by atoms with E-state index in [1.807, 2.05) is 0 Å². The van der Waals surface area contributed by atoms with Crippen LogP contribution in [0.1, 0.15) is 26.3 Å². The Morgan fingerprint density at radius 2 is 1.86 bits per heavy atom. The van der Waals surface area contributed by atoms with Crippen molar-refractivity contribution in [2.45, 2.75) is 44.2 Å². The maximum atomic E-state index is 13.7. The second kappa shape index (κ2) is 11.4. The molecule has 1 amide bonds. The number of aromatic nitrogens is 3. The molecule has 0 saturated heterocycles. The van der Waals surface area contributed by atoms with E-state index in [-0.39, 0.29) is 28.5 Å². The Balaban J connectivity index is 1.76. The van der Waals surface area contributed by atoms with Crippen molar-refractivity contribution in [1.82, 2.24) is 18.8 Å². The van der Waals surface area contributed by atoms with Crippen LogP contribution in [-0.2, 0) is 21.3 Å². The van der Waals surface area contributed by atoms with Crippen molar-refractivity contribution in [2.24, 2.45) is 0 Å². The van der Waals surface area contributed by atoms with Crippen molar-refractivity contribution >= 4 is 38.4 Å². The van der Waals surface area contributed by atoms with Crippen LogP contribution in [0.25, 0.3) is 10.9 Å². The van der Waals surface area contributed by atoms with Crippen LogP contribution in [0.2, 0.25) is 0 Å². The fraction of sp³-hybridized carbons (Fsp3) is 0.296. The number of hydrogen-bond donors (Lipinski definition) is 1. The average molecular weight is 608 g/mol. The number of nitrogens with one attached hydrogen (secondary N) is 1. The Labute approximate surface area is 239 Å². The van der Waals surface area contributed by atoms with Gasteiger partial charge in [0.15, 0.2) is 0 Å². The van der Waals surface area contributed by atoms with Crippen molar-refractivity contribution in [3.63, 3.8) is 0 Å². The summed E-state index contributed by atoms with van der Waals surface area (Å²) < 4.78 is 80.7. The number of alkyl halides is 3. The molecule has 224 valence electrons. The molecule has 42 heavy (non-hydrogen) atoms. The van der Waals surface area contributed by atoms with Crippen LogP contribution in [0.15, 0.2) is 66.0 Å². The first-order valence-electron chi connectivity index (χ1n) is 12.4. The van der Waals surface area contributed by atoms with Crippen LogP contribution in [0.4, 0.5) is 29.3 Å². The number of methoxy groups -OCH3 is 1. The van der Waals surface area contributed by atoms with E-state index in [1.54, 1.807) is 39.0 Å². The van der Waals surface area contributed by atoms with Crippen molar-refractivity contribution in [3.8, 4) is 11.8 Å². The van der Waals surface area contributed by atoms with E-state index < -0.39 is 34.0 Å². The summed E-state index contributed by atoms with van der Waals surface area (Å²) >= 11 is 0. The third kappa shape index (κ3) is 7.02. The van der Waals surface area contributed by atoms with Crippen molar-refractivity contribution in [1.29, 1.82) is 0 Å². The first-order chi connectivity index (χ1) is 19.6. The number of anilines is 2. The molecule has 0 aliphatic rings. The maximum absolute atomic E-state index is 13.7. The lowest BCUT2D eigenvalue weighted by Gasteiger charge is -2.24. The van der Waals surface area contributed by atoms with E-state index in [9.17, 15) is 26.4 Å². The first-order valence-corrected chi connectivity index (χ1v) is 13.8. The van der Waals surface area contributed by atoms with E-state index in [4.69, 9.17) is 9.47 Å².